The van der Waals surface area contributed by atoms with Crippen molar-refractivity contribution in [2.45, 2.75) is 13.5 Å². The zero-order valence-corrected chi connectivity index (χ0v) is 22.0. The number of amides is 3. The van der Waals surface area contributed by atoms with Gasteiger partial charge in [-0.2, -0.15) is 0 Å². The van der Waals surface area contributed by atoms with E-state index in [1.807, 2.05) is 25.1 Å². The first-order valence-electron chi connectivity index (χ1n) is 10.7. The molecule has 0 atom stereocenters. The summed E-state index contributed by atoms with van der Waals surface area (Å²) in [4.78, 5) is 38.9. The topological polar surface area (TPSA) is 75.7 Å². The SMILES string of the molecule is Cc1cccc(NC(=O)COc2ccc(/C=C3\SC(=O)N(Cc4c(Cl)cccc4Cl)C3=O)cc2Cl)c1. The molecule has 1 N–H and O–H groups in total. The molecule has 1 fully saturated rings. The van der Waals surface area contributed by atoms with Crippen molar-refractivity contribution in [1.82, 2.24) is 4.90 Å². The number of aryl methyl sites for hydroxylation is 1. The monoisotopic (exact) mass is 560 g/mol. The van der Waals surface area contributed by atoms with Crippen LogP contribution in [0.4, 0.5) is 10.5 Å². The molecule has 1 heterocycles. The Morgan fingerprint density at radius 3 is 2.42 bits per heavy atom. The Hall–Kier alpha value is -2.97. The highest BCUT2D eigenvalue weighted by atomic mass is 35.5. The first-order valence-corrected chi connectivity index (χ1v) is 12.6. The van der Waals surface area contributed by atoms with Crippen LogP contribution in [0.3, 0.4) is 0 Å². The van der Waals surface area contributed by atoms with Gasteiger partial charge in [-0.25, -0.2) is 0 Å². The predicted molar refractivity (Wildman–Crippen MR) is 145 cm³/mol. The van der Waals surface area contributed by atoms with Gasteiger partial charge in [0.1, 0.15) is 5.75 Å². The van der Waals surface area contributed by atoms with Gasteiger partial charge in [-0.05, 0) is 72.3 Å². The molecule has 0 unspecified atom stereocenters. The third-order valence-electron chi connectivity index (χ3n) is 5.17. The Balaban J connectivity index is 1.41. The molecule has 36 heavy (non-hydrogen) atoms. The van der Waals surface area contributed by atoms with Crippen molar-refractivity contribution in [1.29, 1.82) is 0 Å². The molecule has 184 valence electrons. The summed E-state index contributed by atoms with van der Waals surface area (Å²) < 4.78 is 5.55. The summed E-state index contributed by atoms with van der Waals surface area (Å²) in [7, 11) is 0. The molecule has 0 saturated carbocycles. The maximum Gasteiger partial charge on any atom is 0.293 e. The summed E-state index contributed by atoms with van der Waals surface area (Å²) in [6, 6.07) is 17.3. The van der Waals surface area contributed by atoms with Gasteiger partial charge in [0.05, 0.1) is 16.5 Å². The van der Waals surface area contributed by atoms with Gasteiger partial charge in [0.15, 0.2) is 6.61 Å². The first-order chi connectivity index (χ1) is 17.2. The maximum absolute atomic E-state index is 12.9. The molecule has 0 spiro atoms. The lowest BCUT2D eigenvalue weighted by Crippen LogP contribution is -2.27. The van der Waals surface area contributed by atoms with Gasteiger partial charge in [0.2, 0.25) is 0 Å². The first kappa shape index (κ1) is 26.1. The Morgan fingerprint density at radius 2 is 1.72 bits per heavy atom. The Kier molecular flexibility index (Phi) is 8.26. The Bertz CT molecular complexity index is 1370. The molecule has 3 aromatic rings. The zero-order valence-electron chi connectivity index (χ0n) is 18.9. The van der Waals surface area contributed by atoms with Gasteiger partial charge in [0, 0.05) is 21.3 Å². The minimum absolute atomic E-state index is 0.0291. The number of hydrogen-bond acceptors (Lipinski definition) is 5. The fourth-order valence-electron chi connectivity index (χ4n) is 3.42. The summed E-state index contributed by atoms with van der Waals surface area (Å²) >= 11 is 19.5. The van der Waals surface area contributed by atoms with Crippen molar-refractivity contribution in [3.05, 3.63) is 97.3 Å². The minimum Gasteiger partial charge on any atom is -0.482 e. The Labute approximate surface area is 227 Å². The largest absolute Gasteiger partial charge is 0.482 e. The molecule has 4 rings (SSSR count). The van der Waals surface area contributed by atoms with E-state index in [1.54, 1.807) is 48.5 Å². The fraction of sp³-hybridized carbons (Fsp3) is 0.115. The van der Waals surface area contributed by atoms with Crippen LogP contribution < -0.4 is 10.1 Å². The maximum atomic E-state index is 12.9. The van der Waals surface area contributed by atoms with Crippen molar-refractivity contribution in [3.8, 4) is 5.75 Å². The number of nitrogens with one attached hydrogen (secondary N) is 1. The molecular formula is C26H19Cl3N2O4S. The number of hydrogen-bond donors (Lipinski definition) is 1. The molecule has 1 aliphatic rings. The average Bonchev–Trinajstić information content (AvgIpc) is 3.08. The molecule has 3 aromatic carbocycles. The smallest absolute Gasteiger partial charge is 0.293 e. The number of benzene rings is 3. The van der Waals surface area contributed by atoms with Crippen molar-refractivity contribution >= 4 is 75.4 Å². The third-order valence-corrected chi connectivity index (χ3v) is 7.08. The van der Waals surface area contributed by atoms with Gasteiger partial charge < -0.3 is 10.1 Å². The van der Waals surface area contributed by atoms with Gasteiger partial charge in [-0.3, -0.25) is 19.3 Å². The van der Waals surface area contributed by atoms with E-state index in [9.17, 15) is 14.4 Å². The lowest BCUT2D eigenvalue weighted by Gasteiger charge is -2.14. The summed E-state index contributed by atoms with van der Waals surface area (Å²) in [5.41, 5.74) is 2.80. The van der Waals surface area contributed by atoms with Crippen LogP contribution in [0.15, 0.2) is 65.6 Å². The van der Waals surface area contributed by atoms with Crippen LogP contribution in [0.2, 0.25) is 15.1 Å². The van der Waals surface area contributed by atoms with Crippen molar-refractivity contribution in [3.63, 3.8) is 0 Å². The standard InChI is InChI=1S/C26H19Cl3N2O4S/c1-15-4-2-5-17(10-15)30-24(32)14-35-22-9-8-16(11-21(22)29)12-23-25(33)31(26(34)36-23)13-18-19(27)6-3-7-20(18)28/h2-12H,13-14H2,1H3,(H,30,32)/b23-12-. The molecule has 0 radical (unpaired) electrons. The highest BCUT2D eigenvalue weighted by Gasteiger charge is 2.35. The van der Waals surface area contributed by atoms with E-state index in [0.29, 0.717) is 32.6 Å². The van der Waals surface area contributed by atoms with E-state index in [1.165, 1.54) is 0 Å². The lowest BCUT2D eigenvalue weighted by atomic mass is 10.2. The van der Waals surface area contributed by atoms with E-state index in [0.717, 1.165) is 22.2 Å². The van der Waals surface area contributed by atoms with Crippen LogP contribution in [0.25, 0.3) is 6.08 Å². The number of carbonyl (C=O) groups is 3. The quantitative estimate of drug-likeness (QED) is 0.309. The molecular weight excluding hydrogens is 543 g/mol. The van der Waals surface area contributed by atoms with Crippen molar-refractivity contribution < 1.29 is 19.1 Å². The average molecular weight is 562 g/mol. The summed E-state index contributed by atoms with van der Waals surface area (Å²) in [6.45, 7) is 1.68. The highest BCUT2D eigenvalue weighted by Crippen LogP contribution is 2.36. The third kappa shape index (κ3) is 6.23. The second-order valence-electron chi connectivity index (χ2n) is 7.86. The summed E-state index contributed by atoms with van der Waals surface area (Å²) in [5.74, 6) is -0.465. The second-order valence-corrected chi connectivity index (χ2v) is 10.1. The summed E-state index contributed by atoms with van der Waals surface area (Å²) in [5, 5.41) is 3.35. The number of ether oxygens (including phenoxy) is 1. The van der Waals surface area contributed by atoms with Gasteiger partial charge in [0.25, 0.3) is 17.1 Å². The molecule has 6 nitrogen and oxygen atoms in total. The van der Waals surface area contributed by atoms with Gasteiger partial charge >= 0.3 is 0 Å². The van der Waals surface area contributed by atoms with Crippen LogP contribution in [0, 0.1) is 6.92 Å². The number of halogens is 3. The lowest BCUT2D eigenvalue weighted by molar-refractivity contribution is -0.123. The zero-order chi connectivity index (χ0) is 25.8. The van der Waals surface area contributed by atoms with Gasteiger partial charge in [-0.15, -0.1) is 0 Å². The number of anilines is 1. The minimum atomic E-state index is -0.453. The van der Waals surface area contributed by atoms with E-state index in [4.69, 9.17) is 39.5 Å². The molecule has 0 bridgehead atoms. The van der Waals surface area contributed by atoms with E-state index >= 15 is 0 Å². The molecule has 3 amide bonds. The molecule has 1 aliphatic heterocycles. The van der Waals surface area contributed by atoms with Crippen molar-refractivity contribution in [2.24, 2.45) is 0 Å². The van der Waals surface area contributed by atoms with Crippen LogP contribution in [-0.2, 0) is 16.1 Å². The molecule has 1 saturated heterocycles. The summed E-state index contributed by atoms with van der Waals surface area (Å²) in [6.07, 6.45) is 1.57. The number of nitrogens with zero attached hydrogens (tertiary/aromatic N) is 1. The number of imide groups is 1. The molecule has 0 aliphatic carbocycles. The molecule has 10 heteroatoms. The second kappa shape index (κ2) is 11.4. The number of thioether (sulfide) groups is 1. The normalized spacial score (nSPS) is 14.4. The van der Waals surface area contributed by atoms with Crippen LogP contribution >= 0.6 is 46.6 Å². The fourth-order valence-corrected chi connectivity index (χ4v) is 5.02. The van der Waals surface area contributed by atoms with Gasteiger partial charge in [-0.1, -0.05) is 59.1 Å². The molecule has 0 aromatic heterocycles. The Morgan fingerprint density at radius 1 is 1.00 bits per heavy atom. The van der Waals surface area contributed by atoms with Crippen LogP contribution in [0.1, 0.15) is 16.7 Å². The highest BCUT2D eigenvalue weighted by molar-refractivity contribution is 8.18. The van der Waals surface area contributed by atoms with Crippen LogP contribution in [0.5, 0.6) is 5.75 Å². The predicted octanol–water partition coefficient (Wildman–Crippen LogP) is 7.21. The number of rotatable bonds is 7. The van der Waals surface area contributed by atoms with Crippen LogP contribution in [-0.4, -0.2) is 28.6 Å². The van der Waals surface area contributed by atoms with E-state index in [-0.39, 0.29) is 29.0 Å². The number of carbonyl (C=O) groups excluding carboxylic acids is 3. The van der Waals surface area contributed by atoms with Crippen molar-refractivity contribution in [2.75, 3.05) is 11.9 Å². The van der Waals surface area contributed by atoms with E-state index in [2.05, 4.69) is 5.32 Å². The van der Waals surface area contributed by atoms with E-state index < -0.39 is 11.1 Å².